The number of aryl methyl sites for hydroxylation is 1. The number of rotatable bonds is 2. The summed E-state index contributed by atoms with van der Waals surface area (Å²) in [4.78, 5) is 0. The van der Waals surface area contributed by atoms with Gasteiger partial charge < -0.3 is 5.73 Å². The first kappa shape index (κ1) is 9.85. The zero-order valence-corrected chi connectivity index (χ0v) is 8.59. The lowest BCUT2D eigenvalue weighted by Gasteiger charge is -2.06. The Balaban J connectivity index is 3.13. The molecule has 0 saturated carbocycles. The zero-order chi connectivity index (χ0) is 9.84. The van der Waals surface area contributed by atoms with Gasteiger partial charge in [0, 0.05) is 11.3 Å². The highest BCUT2D eigenvalue weighted by Gasteiger charge is 2.00. The van der Waals surface area contributed by atoms with Crippen molar-refractivity contribution in [2.45, 2.75) is 27.2 Å². The average Bonchev–Trinajstić information content (AvgIpc) is 2.09. The van der Waals surface area contributed by atoms with Crippen LogP contribution in [0.15, 0.2) is 24.3 Å². The highest BCUT2D eigenvalue weighted by Crippen LogP contribution is 2.22. The van der Waals surface area contributed by atoms with Gasteiger partial charge in [0.2, 0.25) is 0 Å². The Bertz CT molecular complexity index is 324. The van der Waals surface area contributed by atoms with Crippen LogP contribution < -0.4 is 5.73 Å². The van der Waals surface area contributed by atoms with Crippen LogP contribution in [0.1, 0.15) is 31.4 Å². The van der Waals surface area contributed by atoms with Crippen molar-refractivity contribution >= 4 is 11.3 Å². The van der Waals surface area contributed by atoms with E-state index in [1.54, 1.807) is 0 Å². The average molecular weight is 175 g/mol. The van der Waals surface area contributed by atoms with E-state index < -0.39 is 0 Å². The molecule has 1 rings (SSSR count). The predicted molar refractivity (Wildman–Crippen MR) is 59.5 cm³/mol. The van der Waals surface area contributed by atoms with Crippen LogP contribution in [0.2, 0.25) is 0 Å². The minimum absolute atomic E-state index is 0.868. The fourth-order valence-electron chi connectivity index (χ4n) is 1.43. The lowest BCUT2D eigenvalue weighted by atomic mass is 10.0. The van der Waals surface area contributed by atoms with Gasteiger partial charge in [0.1, 0.15) is 0 Å². The fourth-order valence-corrected chi connectivity index (χ4v) is 1.43. The summed E-state index contributed by atoms with van der Waals surface area (Å²) < 4.78 is 0. The van der Waals surface area contributed by atoms with Gasteiger partial charge in [0.05, 0.1) is 0 Å². The van der Waals surface area contributed by atoms with Crippen LogP contribution >= 0.6 is 0 Å². The molecule has 0 aliphatic carbocycles. The van der Waals surface area contributed by atoms with E-state index in [0.717, 1.165) is 12.1 Å². The third-order valence-corrected chi connectivity index (χ3v) is 2.14. The SMILES string of the molecule is CC/C=C(\C)c1cc(C)ccc1N. The maximum atomic E-state index is 5.88. The zero-order valence-electron chi connectivity index (χ0n) is 8.59. The van der Waals surface area contributed by atoms with E-state index in [9.17, 15) is 0 Å². The van der Waals surface area contributed by atoms with Gasteiger partial charge in [-0.15, -0.1) is 0 Å². The Morgan fingerprint density at radius 3 is 2.77 bits per heavy atom. The molecule has 0 unspecified atom stereocenters. The normalized spacial score (nSPS) is 11.8. The van der Waals surface area contributed by atoms with E-state index in [0.29, 0.717) is 0 Å². The number of allylic oxidation sites excluding steroid dienone is 2. The van der Waals surface area contributed by atoms with E-state index in [2.05, 4.69) is 32.9 Å². The van der Waals surface area contributed by atoms with Crippen molar-refractivity contribution in [2.75, 3.05) is 5.73 Å². The molecule has 0 saturated heterocycles. The van der Waals surface area contributed by atoms with Crippen LogP contribution in [0, 0.1) is 6.92 Å². The van der Waals surface area contributed by atoms with Crippen molar-refractivity contribution in [3.05, 3.63) is 35.4 Å². The van der Waals surface area contributed by atoms with Crippen molar-refractivity contribution < 1.29 is 0 Å². The summed E-state index contributed by atoms with van der Waals surface area (Å²) in [5.74, 6) is 0. The van der Waals surface area contributed by atoms with E-state index in [1.165, 1.54) is 16.7 Å². The van der Waals surface area contributed by atoms with E-state index in [-0.39, 0.29) is 0 Å². The van der Waals surface area contributed by atoms with Crippen LogP contribution in [0.4, 0.5) is 5.69 Å². The molecule has 13 heavy (non-hydrogen) atoms. The number of anilines is 1. The number of hydrogen-bond acceptors (Lipinski definition) is 1. The second kappa shape index (κ2) is 4.13. The Hall–Kier alpha value is -1.24. The van der Waals surface area contributed by atoms with Crippen LogP contribution in [-0.2, 0) is 0 Å². The number of benzene rings is 1. The summed E-state index contributed by atoms with van der Waals surface area (Å²) >= 11 is 0. The Morgan fingerprint density at radius 1 is 1.46 bits per heavy atom. The Labute approximate surface area is 80.3 Å². The highest BCUT2D eigenvalue weighted by molar-refractivity contribution is 5.74. The standard InChI is InChI=1S/C12H17N/c1-4-5-10(3)11-8-9(2)6-7-12(11)13/h5-8H,4,13H2,1-3H3/b10-5+. The first-order valence-corrected chi connectivity index (χ1v) is 4.68. The maximum absolute atomic E-state index is 5.88. The van der Waals surface area contributed by atoms with E-state index in [4.69, 9.17) is 5.73 Å². The van der Waals surface area contributed by atoms with Gasteiger partial charge in [-0.2, -0.15) is 0 Å². The molecule has 1 aromatic carbocycles. The molecule has 1 nitrogen and oxygen atoms in total. The van der Waals surface area contributed by atoms with Crippen molar-refractivity contribution in [2.24, 2.45) is 0 Å². The molecule has 0 radical (unpaired) electrons. The van der Waals surface area contributed by atoms with Gasteiger partial charge in [-0.3, -0.25) is 0 Å². The topological polar surface area (TPSA) is 26.0 Å². The van der Waals surface area contributed by atoms with Gasteiger partial charge in [-0.05, 0) is 38.0 Å². The van der Waals surface area contributed by atoms with E-state index in [1.807, 2.05) is 12.1 Å². The molecule has 0 aliphatic heterocycles. The first-order chi connectivity index (χ1) is 6.15. The summed E-state index contributed by atoms with van der Waals surface area (Å²) in [7, 11) is 0. The molecule has 1 heteroatoms. The van der Waals surface area contributed by atoms with Crippen molar-refractivity contribution in [3.63, 3.8) is 0 Å². The third-order valence-electron chi connectivity index (χ3n) is 2.14. The summed E-state index contributed by atoms with van der Waals surface area (Å²) in [5.41, 5.74) is 10.4. The minimum atomic E-state index is 0.868. The van der Waals surface area contributed by atoms with Gasteiger partial charge in [-0.1, -0.05) is 24.6 Å². The van der Waals surface area contributed by atoms with Crippen molar-refractivity contribution in [1.29, 1.82) is 0 Å². The largest absolute Gasteiger partial charge is 0.398 e. The van der Waals surface area contributed by atoms with Gasteiger partial charge in [0.25, 0.3) is 0 Å². The molecule has 2 N–H and O–H groups in total. The number of nitrogens with two attached hydrogens (primary N) is 1. The second-order valence-corrected chi connectivity index (χ2v) is 3.39. The molecular weight excluding hydrogens is 158 g/mol. The highest BCUT2D eigenvalue weighted by atomic mass is 14.6. The van der Waals surface area contributed by atoms with Gasteiger partial charge >= 0.3 is 0 Å². The molecule has 0 fully saturated rings. The lowest BCUT2D eigenvalue weighted by Crippen LogP contribution is -1.92. The monoisotopic (exact) mass is 175 g/mol. The van der Waals surface area contributed by atoms with Crippen molar-refractivity contribution in [1.82, 2.24) is 0 Å². The fraction of sp³-hybridized carbons (Fsp3) is 0.333. The predicted octanol–water partition coefficient (Wildman–Crippen LogP) is 3.39. The minimum Gasteiger partial charge on any atom is -0.398 e. The van der Waals surface area contributed by atoms with Crippen LogP contribution in [0.25, 0.3) is 5.57 Å². The van der Waals surface area contributed by atoms with Crippen LogP contribution in [-0.4, -0.2) is 0 Å². The molecule has 0 aromatic heterocycles. The summed E-state index contributed by atoms with van der Waals surface area (Å²) in [6.07, 6.45) is 3.25. The van der Waals surface area contributed by atoms with Crippen LogP contribution in [0.3, 0.4) is 0 Å². The molecule has 0 bridgehead atoms. The smallest absolute Gasteiger partial charge is 0.0390 e. The molecular formula is C12H17N. The number of nitrogen functional groups attached to an aromatic ring is 1. The number of hydrogen-bond donors (Lipinski definition) is 1. The lowest BCUT2D eigenvalue weighted by molar-refractivity contribution is 1.22. The third kappa shape index (κ3) is 2.35. The molecule has 0 amide bonds. The maximum Gasteiger partial charge on any atom is 0.0390 e. The molecule has 0 aliphatic rings. The molecule has 70 valence electrons. The van der Waals surface area contributed by atoms with Crippen LogP contribution in [0.5, 0.6) is 0 Å². The Kier molecular flexibility index (Phi) is 3.13. The molecule has 0 heterocycles. The summed E-state index contributed by atoms with van der Waals surface area (Å²) in [6.45, 7) is 6.33. The Morgan fingerprint density at radius 2 is 2.15 bits per heavy atom. The molecule has 1 aromatic rings. The summed E-state index contributed by atoms with van der Waals surface area (Å²) in [6, 6.07) is 6.15. The quantitative estimate of drug-likeness (QED) is 0.685. The molecule has 0 spiro atoms. The van der Waals surface area contributed by atoms with Crippen molar-refractivity contribution in [3.8, 4) is 0 Å². The first-order valence-electron chi connectivity index (χ1n) is 4.68. The van der Waals surface area contributed by atoms with E-state index >= 15 is 0 Å². The molecule has 0 atom stereocenters. The second-order valence-electron chi connectivity index (χ2n) is 3.39. The summed E-state index contributed by atoms with van der Waals surface area (Å²) in [5, 5.41) is 0. The van der Waals surface area contributed by atoms with Gasteiger partial charge in [0.15, 0.2) is 0 Å². The van der Waals surface area contributed by atoms with Gasteiger partial charge in [-0.25, -0.2) is 0 Å².